The van der Waals surface area contributed by atoms with Gasteiger partial charge in [-0.05, 0) is 56.4 Å². The molecule has 144 valence electrons. The number of guanidine groups is 1. The zero-order valence-electron chi connectivity index (χ0n) is 16.1. The highest BCUT2D eigenvalue weighted by Crippen LogP contribution is 2.08. The molecule has 0 spiro atoms. The van der Waals surface area contributed by atoms with Gasteiger partial charge in [0.2, 0.25) is 0 Å². The summed E-state index contributed by atoms with van der Waals surface area (Å²) in [6.45, 7) is 10.2. The van der Waals surface area contributed by atoms with E-state index in [1.54, 1.807) is 17.1 Å². The van der Waals surface area contributed by atoms with E-state index in [4.69, 9.17) is 4.99 Å². The summed E-state index contributed by atoms with van der Waals surface area (Å²) in [5.74, 6) is 2.39. The van der Waals surface area contributed by atoms with E-state index in [0.29, 0.717) is 12.6 Å². The van der Waals surface area contributed by atoms with Crippen LogP contribution < -0.4 is 10.6 Å². The normalized spacial score (nSPS) is 12.6. The van der Waals surface area contributed by atoms with Gasteiger partial charge in [0.05, 0.1) is 6.54 Å². The summed E-state index contributed by atoms with van der Waals surface area (Å²) in [7, 11) is 0. The lowest BCUT2D eigenvalue weighted by Crippen LogP contribution is -2.42. The number of aliphatic imine (C=N–C) groups is 1. The van der Waals surface area contributed by atoms with Crippen LogP contribution in [-0.4, -0.2) is 33.3 Å². The van der Waals surface area contributed by atoms with Gasteiger partial charge in [0.15, 0.2) is 11.8 Å². The first kappa shape index (κ1) is 22.4. The van der Waals surface area contributed by atoms with Gasteiger partial charge in [-0.2, -0.15) is 5.10 Å². The zero-order valence-corrected chi connectivity index (χ0v) is 18.5. The molecule has 2 N–H and O–H groups in total. The van der Waals surface area contributed by atoms with Crippen LogP contribution in [0.1, 0.15) is 46.1 Å². The summed E-state index contributed by atoms with van der Waals surface area (Å²) in [5.41, 5.74) is 1.10. The first-order chi connectivity index (χ1) is 12.1. The topological polar surface area (TPSA) is 67.1 Å². The number of hydrogen-bond donors (Lipinski definition) is 2. The highest BCUT2D eigenvalue weighted by Gasteiger charge is 2.06. The van der Waals surface area contributed by atoms with E-state index in [-0.39, 0.29) is 24.0 Å². The van der Waals surface area contributed by atoms with Gasteiger partial charge in [0.1, 0.15) is 0 Å². The number of aromatic nitrogens is 3. The average molecular weight is 470 g/mol. The summed E-state index contributed by atoms with van der Waals surface area (Å²) in [6.07, 6.45) is 7.79. The number of pyridine rings is 1. The largest absolute Gasteiger partial charge is 0.357 e. The molecule has 0 fully saturated rings. The molecule has 7 heteroatoms. The van der Waals surface area contributed by atoms with Crippen LogP contribution in [0.3, 0.4) is 0 Å². The standard InChI is InChI=1S/C19H30N6.HI/c1-5-20-19(24-16(4)8-7-15(2)3)22-14-17-9-11-21-18(13-17)25-12-6-10-23-25;/h6,9-13,15-16H,5,7-8,14H2,1-4H3,(H2,20,22,24);1H. The van der Waals surface area contributed by atoms with Crippen LogP contribution >= 0.6 is 24.0 Å². The minimum Gasteiger partial charge on any atom is -0.357 e. The molecule has 2 aromatic rings. The lowest BCUT2D eigenvalue weighted by atomic mass is 10.0. The summed E-state index contributed by atoms with van der Waals surface area (Å²) in [5, 5.41) is 11.0. The first-order valence-electron chi connectivity index (χ1n) is 9.08. The van der Waals surface area contributed by atoms with E-state index in [2.05, 4.69) is 48.4 Å². The molecule has 0 aliphatic carbocycles. The molecule has 0 bridgehead atoms. The van der Waals surface area contributed by atoms with Crippen LogP contribution in [0.4, 0.5) is 0 Å². The summed E-state index contributed by atoms with van der Waals surface area (Å²) in [6, 6.07) is 6.29. The molecule has 0 aromatic carbocycles. The smallest absolute Gasteiger partial charge is 0.191 e. The van der Waals surface area contributed by atoms with Crippen molar-refractivity contribution in [2.45, 2.75) is 53.1 Å². The Hall–Kier alpha value is -1.64. The molecule has 0 saturated carbocycles. The van der Waals surface area contributed by atoms with Crippen LogP contribution in [0.2, 0.25) is 0 Å². The van der Waals surface area contributed by atoms with Crippen molar-refractivity contribution in [1.29, 1.82) is 0 Å². The van der Waals surface area contributed by atoms with Crippen LogP contribution in [0.5, 0.6) is 0 Å². The SMILES string of the molecule is CCNC(=NCc1ccnc(-n2cccn2)c1)NC(C)CCC(C)C.I. The van der Waals surface area contributed by atoms with Gasteiger partial charge >= 0.3 is 0 Å². The second-order valence-corrected chi connectivity index (χ2v) is 6.68. The molecule has 2 aromatic heterocycles. The van der Waals surface area contributed by atoms with Crippen molar-refractivity contribution in [3.63, 3.8) is 0 Å². The quantitative estimate of drug-likeness (QED) is 0.350. The van der Waals surface area contributed by atoms with E-state index < -0.39 is 0 Å². The molecule has 26 heavy (non-hydrogen) atoms. The molecule has 0 aliphatic heterocycles. The highest BCUT2D eigenvalue weighted by atomic mass is 127. The predicted octanol–water partition coefficient (Wildman–Crippen LogP) is 3.77. The highest BCUT2D eigenvalue weighted by molar-refractivity contribution is 14.0. The van der Waals surface area contributed by atoms with Crippen LogP contribution in [-0.2, 0) is 6.54 Å². The van der Waals surface area contributed by atoms with Gasteiger partial charge in [-0.15, -0.1) is 24.0 Å². The second kappa shape index (κ2) is 11.9. The first-order valence-corrected chi connectivity index (χ1v) is 9.08. The van der Waals surface area contributed by atoms with Crippen LogP contribution in [0, 0.1) is 5.92 Å². The van der Waals surface area contributed by atoms with Crippen molar-refractivity contribution in [3.8, 4) is 5.82 Å². The Kier molecular flexibility index (Phi) is 10.2. The van der Waals surface area contributed by atoms with E-state index in [1.165, 1.54) is 6.42 Å². The summed E-state index contributed by atoms with van der Waals surface area (Å²) >= 11 is 0. The van der Waals surface area contributed by atoms with Gasteiger partial charge in [-0.1, -0.05) is 13.8 Å². The van der Waals surface area contributed by atoms with E-state index in [9.17, 15) is 0 Å². The van der Waals surface area contributed by atoms with Crippen LogP contribution in [0.15, 0.2) is 41.8 Å². The Morgan fingerprint density at radius 1 is 1.23 bits per heavy atom. The van der Waals surface area contributed by atoms with Crippen molar-refractivity contribution >= 4 is 29.9 Å². The van der Waals surface area contributed by atoms with Gasteiger partial charge in [-0.25, -0.2) is 14.7 Å². The lowest BCUT2D eigenvalue weighted by molar-refractivity contribution is 0.489. The third-order valence-electron chi connectivity index (χ3n) is 3.87. The van der Waals surface area contributed by atoms with Crippen molar-refractivity contribution in [2.24, 2.45) is 10.9 Å². The molecule has 1 unspecified atom stereocenters. The van der Waals surface area contributed by atoms with Gasteiger partial charge in [-0.3, -0.25) is 0 Å². The maximum absolute atomic E-state index is 4.71. The minimum atomic E-state index is 0. The molecule has 2 rings (SSSR count). The molecule has 6 nitrogen and oxygen atoms in total. The summed E-state index contributed by atoms with van der Waals surface area (Å²) < 4.78 is 1.75. The summed E-state index contributed by atoms with van der Waals surface area (Å²) in [4.78, 5) is 9.07. The van der Waals surface area contributed by atoms with Crippen molar-refractivity contribution in [1.82, 2.24) is 25.4 Å². The predicted molar refractivity (Wildman–Crippen MR) is 118 cm³/mol. The second-order valence-electron chi connectivity index (χ2n) is 6.68. The molecule has 0 amide bonds. The Labute approximate surface area is 173 Å². The van der Waals surface area contributed by atoms with Gasteiger partial charge in [0.25, 0.3) is 0 Å². The van der Waals surface area contributed by atoms with Crippen molar-refractivity contribution in [2.75, 3.05) is 6.54 Å². The van der Waals surface area contributed by atoms with E-state index in [1.807, 2.05) is 24.4 Å². The van der Waals surface area contributed by atoms with Crippen molar-refractivity contribution < 1.29 is 0 Å². The fourth-order valence-electron chi connectivity index (χ4n) is 2.47. The van der Waals surface area contributed by atoms with Crippen LogP contribution in [0.25, 0.3) is 5.82 Å². The van der Waals surface area contributed by atoms with E-state index >= 15 is 0 Å². The zero-order chi connectivity index (χ0) is 18.1. The third-order valence-corrected chi connectivity index (χ3v) is 3.87. The minimum absolute atomic E-state index is 0. The Bertz CT molecular complexity index is 654. The third kappa shape index (κ3) is 7.72. The number of nitrogens with one attached hydrogen (secondary N) is 2. The molecular weight excluding hydrogens is 439 g/mol. The van der Waals surface area contributed by atoms with Gasteiger partial charge < -0.3 is 10.6 Å². The number of nitrogens with zero attached hydrogens (tertiary/aromatic N) is 4. The van der Waals surface area contributed by atoms with Gasteiger partial charge in [0, 0.05) is 31.2 Å². The maximum atomic E-state index is 4.71. The number of halogens is 1. The monoisotopic (exact) mass is 470 g/mol. The Morgan fingerprint density at radius 3 is 2.69 bits per heavy atom. The molecular formula is C19H31IN6. The Balaban J connectivity index is 0.00000338. The van der Waals surface area contributed by atoms with E-state index in [0.717, 1.165) is 36.2 Å². The molecule has 0 radical (unpaired) electrons. The number of hydrogen-bond acceptors (Lipinski definition) is 3. The van der Waals surface area contributed by atoms with Crippen molar-refractivity contribution in [3.05, 3.63) is 42.4 Å². The lowest BCUT2D eigenvalue weighted by Gasteiger charge is -2.18. The molecule has 1 atom stereocenters. The number of rotatable bonds is 8. The maximum Gasteiger partial charge on any atom is 0.191 e. The molecule has 2 heterocycles. The average Bonchev–Trinajstić information content (AvgIpc) is 3.13. The fourth-order valence-corrected chi connectivity index (χ4v) is 2.47. The molecule has 0 aliphatic rings. The fraction of sp³-hybridized carbons (Fsp3) is 0.526. The molecule has 0 saturated heterocycles. The Morgan fingerprint density at radius 2 is 2.04 bits per heavy atom.